The molecule has 124 valence electrons. The first-order valence-electron chi connectivity index (χ1n) is 8.01. The molecule has 0 radical (unpaired) electrons. The number of nitrogens with one attached hydrogen (secondary N) is 1. The van der Waals surface area contributed by atoms with Crippen LogP contribution < -0.4 is 11.1 Å². The summed E-state index contributed by atoms with van der Waals surface area (Å²) in [4.78, 5) is 23.8. The molecule has 2 amide bonds. The molecule has 2 heterocycles. The van der Waals surface area contributed by atoms with Crippen LogP contribution in [-0.4, -0.2) is 22.9 Å². The van der Waals surface area contributed by atoms with Gasteiger partial charge in [-0.2, -0.15) is 0 Å². The van der Waals surface area contributed by atoms with Crippen LogP contribution in [0.4, 0.5) is 0 Å². The van der Waals surface area contributed by atoms with E-state index in [4.69, 9.17) is 5.73 Å². The molecular weight excluding hydrogens is 302 g/mol. The standard InChI is InChI=1S/C19H21N3O2/c1-4-5-14-12(3)22(16-8-9-21-19(24)17(14)16)15-7-6-13(18(20)23)10-11(15)2/h4-7,10H,8-9H2,1-3H3,(H2,20,23)(H,21,24)/b5-4-. The number of aromatic nitrogens is 1. The van der Waals surface area contributed by atoms with E-state index in [1.807, 2.05) is 39.0 Å². The highest BCUT2D eigenvalue weighted by Gasteiger charge is 2.28. The monoisotopic (exact) mass is 323 g/mol. The van der Waals surface area contributed by atoms with Crippen molar-refractivity contribution in [2.75, 3.05) is 6.54 Å². The van der Waals surface area contributed by atoms with Gasteiger partial charge in [0.1, 0.15) is 0 Å². The zero-order valence-electron chi connectivity index (χ0n) is 14.1. The molecule has 1 aliphatic rings. The average molecular weight is 323 g/mol. The SMILES string of the molecule is C/C=C\c1c2c(n(-c3ccc(C(N)=O)cc3C)c1C)CCNC2=O. The summed E-state index contributed by atoms with van der Waals surface area (Å²) in [6, 6.07) is 5.42. The fourth-order valence-electron chi connectivity index (χ4n) is 3.40. The van der Waals surface area contributed by atoms with E-state index < -0.39 is 5.91 Å². The molecule has 24 heavy (non-hydrogen) atoms. The number of allylic oxidation sites excluding steroid dienone is 1. The minimum atomic E-state index is -0.440. The fourth-order valence-corrected chi connectivity index (χ4v) is 3.40. The van der Waals surface area contributed by atoms with Gasteiger partial charge in [-0.25, -0.2) is 0 Å². The number of nitrogens with zero attached hydrogens (tertiary/aromatic N) is 1. The summed E-state index contributed by atoms with van der Waals surface area (Å²) >= 11 is 0. The molecule has 1 aromatic carbocycles. The lowest BCUT2D eigenvalue weighted by Crippen LogP contribution is -2.32. The van der Waals surface area contributed by atoms with Crippen molar-refractivity contribution >= 4 is 17.9 Å². The van der Waals surface area contributed by atoms with Gasteiger partial charge in [-0.1, -0.05) is 12.2 Å². The van der Waals surface area contributed by atoms with Crippen LogP contribution in [-0.2, 0) is 6.42 Å². The summed E-state index contributed by atoms with van der Waals surface area (Å²) in [7, 11) is 0. The van der Waals surface area contributed by atoms with E-state index in [1.165, 1.54) is 0 Å². The van der Waals surface area contributed by atoms with Crippen molar-refractivity contribution in [3.8, 4) is 5.69 Å². The van der Waals surface area contributed by atoms with E-state index in [0.717, 1.165) is 40.2 Å². The summed E-state index contributed by atoms with van der Waals surface area (Å²) in [5.74, 6) is -0.470. The molecule has 0 spiro atoms. The molecule has 3 N–H and O–H groups in total. The van der Waals surface area contributed by atoms with Crippen LogP contribution in [0.1, 0.15) is 50.2 Å². The van der Waals surface area contributed by atoms with Crippen LogP contribution in [0.15, 0.2) is 24.3 Å². The first-order chi connectivity index (χ1) is 11.5. The fraction of sp³-hybridized carbons (Fsp3) is 0.263. The van der Waals surface area contributed by atoms with Crippen molar-refractivity contribution in [1.82, 2.24) is 9.88 Å². The largest absolute Gasteiger partial charge is 0.366 e. The normalized spacial score (nSPS) is 13.9. The first-order valence-corrected chi connectivity index (χ1v) is 8.01. The second-order valence-electron chi connectivity index (χ2n) is 6.03. The summed E-state index contributed by atoms with van der Waals surface area (Å²) in [5, 5.41) is 2.92. The Morgan fingerprint density at radius 3 is 2.71 bits per heavy atom. The maximum Gasteiger partial charge on any atom is 0.253 e. The van der Waals surface area contributed by atoms with Crippen LogP contribution in [0.3, 0.4) is 0 Å². The number of carbonyl (C=O) groups is 2. The Balaban J connectivity index is 2.28. The van der Waals surface area contributed by atoms with E-state index in [9.17, 15) is 9.59 Å². The van der Waals surface area contributed by atoms with Gasteiger partial charge in [-0.3, -0.25) is 9.59 Å². The molecule has 0 fully saturated rings. The Hall–Kier alpha value is -2.82. The Labute approximate surface area is 141 Å². The average Bonchev–Trinajstić information content (AvgIpc) is 2.81. The van der Waals surface area contributed by atoms with Crippen LogP contribution in [0.5, 0.6) is 0 Å². The van der Waals surface area contributed by atoms with E-state index >= 15 is 0 Å². The van der Waals surface area contributed by atoms with Crippen LogP contribution in [0.2, 0.25) is 0 Å². The smallest absolute Gasteiger partial charge is 0.253 e. The van der Waals surface area contributed by atoms with Gasteiger partial charge in [-0.05, 0) is 44.5 Å². The second-order valence-corrected chi connectivity index (χ2v) is 6.03. The predicted octanol–water partition coefficient (Wildman–Crippen LogP) is 2.51. The number of rotatable bonds is 3. The number of benzene rings is 1. The number of hydrogen-bond donors (Lipinski definition) is 2. The van der Waals surface area contributed by atoms with Gasteiger partial charge in [0.2, 0.25) is 5.91 Å². The van der Waals surface area contributed by atoms with Crippen molar-refractivity contribution in [3.05, 3.63) is 57.9 Å². The lowest BCUT2D eigenvalue weighted by atomic mass is 10.0. The van der Waals surface area contributed by atoms with E-state index in [0.29, 0.717) is 12.1 Å². The molecule has 0 saturated heterocycles. The van der Waals surface area contributed by atoms with Gasteiger partial charge < -0.3 is 15.6 Å². The Bertz CT molecular complexity index is 875. The third kappa shape index (κ3) is 2.42. The van der Waals surface area contributed by atoms with Gasteiger partial charge in [0.05, 0.1) is 5.56 Å². The predicted molar refractivity (Wildman–Crippen MR) is 94.5 cm³/mol. The Morgan fingerprint density at radius 2 is 2.08 bits per heavy atom. The number of amides is 2. The maximum atomic E-state index is 12.4. The zero-order chi connectivity index (χ0) is 17.4. The van der Waals surface area contributed by atoms with Crippen molar-refractivity contribution in [3.63, 3.8) is 0 Å². The van der Waals surface area contributed by atoms with Gasteiger partial charge in [0.25, 0.3) is 5.91 Å². The number of aryl methyl sites for hydroxylation is 1. The summed E-state index contributed by atoms with van der Waals surface area (Å²) in [5.41, 5.74) is 11.5. The number of fused-ring (bicyclic) bond motifs is 1. The molecule has 0 saturated carbocycles. The third-order valence-corrected chi connectivity index (χ3v) is 4.48. The van der Waals surface area contributed by atoms with Gasteiger partial charge in [-0.15, -0.1) is 0 Å². The lowest BCUT2D eigenvalue weighted by Gasteiger charge is -2.18. The van der Waals surface area contributed by atoms with Crippen LogP contribution >= 0.6 is 0 Å². The Morgan fingerprint density at radius 1 is 1.33 bits per heavy atom. The third-order valence-electron chi connectivity index (χ3n) is 4.48. The molecule has 0 aliphatic carbocycles. The van der Waals surface area contributed by atoms with Crippen LogP contribution in [0.25, 0.3) is 11.8 Å². The summed E-state index contributed by atoms with van der Waals surface area (Å²) < 4.78 is 2.13. The molecule has 1 aliphatic heterocycles. The van der Waals surface area contributed by atoms with Gasteiger partial charge in [0.15, 0.2) is 0 Å². The number of nitrogens with two attached hydrogens (primary N) is 1. The van der Waals surface area contributed by atoms with Crippen LogP contribution in [0, 0.1) is 13.8 Å². The van der Waals surface area contributed by atoms with E-state index in [-0.39, 0.29) is 5.91 Å². The molecule has 0 atom stereocenters. The van der Waals surface area contributed by atoms with Crippen molar-refractivity contribution < 1.29 is 9.59 Å². The molecule has 0 unspecified atom stereocenters. The van der Waals surface area contributed by atoms with E-state index in [2.05, 4.69) is 9.88 Å². The lowest BCUT2D eigenvalue weighted by molar-refractivity contribution is 0.0944. The topological polar surface area (TPSA) is 77.1 Å². The van der Waals surface area contributed by atoms with Gasteiger partial charge in [0, 0.05) is 41.2 Å². The van der Waals surface area contributed by atoms with Crippen molar-refractivity contribution in [2.24, 2.45) is 5.73 Å². The summed E-state index contributed by atoms with van der Waals surface area (Å²) in [6.07, 6.45) is 4.69. The molecule has 5 heteroatoms. The molecule has 1 aromatic heterocycles. The van der Waals surface area contributed by atoms with E-state index in [1.54, 1.807) is 12.1 Å². The molecule has 3 rings (SSSR count). The quantitative estimate of drug-likeness (QED) is 0.910. The number of hydrogen-bond acceptors (Lipinski definition) is 2. The summed E-state index contributed by atoms with van der Waals surface area (Å²) in [6.45, 7) is 6.54. The van der Waals surface area contributed by atoms with Gasteiger partial charge >= 0.3 is 0 Å². The zero-order valence-corrected chi connectivity index (χ0v) is 14.1. The minimum absolute atomic E-state index is 0.0300. The minimum Gasteiger partial charge on any atom is -0.366 e. The van der Waals surface area contributed by atoms with Crippen molar-refractivity contribution in [1.29, 1.82) is 0 Å². The highest BCUT2D eigenvalue weighted by atomic mass is 16.2. The maximum absolute atomic E-state index is 12.4. The molecule has 2 aromatic rings. The molecule has 0 bridgehead atoms. The number of primary amides is 1. The second kappa shape index (κ2) is 6.00. The highest BCUT2D eigenvalue weighted by Crippen LogP contribution is 2.31. The number of carbonyl (C=O) groups excluding carboxylic acids is 2. The Kier molecular flexibility index (Phi) is 4.01. The van der Waals surface area contributed by atoms with Crippen molar-refractivity contribution in [2.45, 2.75) is 27.2 Å². The highest BCUT2D eigenvalue weighted by molar-refractivity contribution is 6.01. The first kappa shape index (κ1) is 16.1. The molecular formula is C19H21N3O2. The molecule has 5 nitrogen and oxygen atoms in total.